The third-order valence-corrected chi connectivity index (χ3v) is 4.11. The molecule has 2 bridgehead atoms. The van der Waals surface area contributed by atoms with Crippen molar-refractivity contribution >= 4 is 5.78 Å². The summed E-state index contributed by atoms with van der Waals surface area (Å²) in [4.78, 5) is 16.4. The third-order valence-electron chi connectivity index (χ3n) is 4.11. The fourth-order valence-corrected chi connectivity index (χ4v) is 3.32. The molecule has 3 heteroatoms. The summed E-state index contributed by atoms with van der Waals surface area (Å²) in [5.74, 6) is 0.489. The van der Waals surface area contributed by atoms with Gasteiger partial charge in [0, 0.05) is 31.0 Å². The topological polar surface area (TPSA) is 23.6 Å². The lowest BCUT2D eigenvalue weighted by Crippen LogP contribution is -2.48. The van der Waals surface area contributed by atoms with Gasteiger partial charge in [-0.1, -0.05) is 0 Å². The average molecular weight is 224 g/mol. The number of rotatable bonds is 4. The van der Waals surface area contributed by atoms with Crippen LogP contribution < -0.4 is 0 Å². The molecule has 0 aromatic rings. The van der Waals surface area contributed by atoms with Crippen LogP contribution in [0.15, 0.2) is 0 Å². The van der Waals surface area contributed by atoms with Crippen molar-refractivity contribution in [3.05, 3.63) is 0 Å². The van der Waals surface area contributed by atoms with Gasteiger partial charge in [0.05, 0.1) is 0 Å². The molecule has 0 spiro atoms. The Bertz CT molecular complexity index is 249. The van der Waals surface area contributed by atoms with Crippen LogP contribution in [0.5, 0.6) is 0 Å². The fraction of sp³-hybridized carbons (Fsp3) is 0.923. The predicted octanol–water partition coefficient (Wildman–Crippen LogP) is 1.52. The Morgan fingerprint density at radius 3 is 2.38 bits per heavy atom. The van der Waals surface area contributed by atoms with Crippen molar-refractivity contribution in [2.45, 2.75) is 57.2 Å². The lowest BCUT2D eigenvalue weighted by atomic mass is 9.98. The maximum Gasteiger partial charge on any atom is 0.136 e. The van der Waals surface area contributed by atoms with Crippen molar-refractivity contribution in [1.82, 2.24) is 9.80 Å². The van der Waals surface area contributed by atoms with Gasteiger partial charge in [-0.05, 0) is 46.8 Å². The highest BCUT2D eigenvalue weighted by molar-refractivity contribution is 5.81. The summed E-state index contributed by atoms with van der Waals surface area (Å²) in [6.45, 7) is 3.47. The maximum atomic E-state index is 11.5. The minimum atomic E-state index is 0.489. The summed E-state index contributed by atoms with van der Waals surface area (Å²) in [5, 5.41) is 0. The van der Waals surface area contributed by atoms with E-state index in [4.69, 9.17) is 0 Å². The number of piperidine rings is 1. The first-order valence-corrected chi connectivity index (χ1v) is 6.52. The van der Waals surface area contributed by atoms with Gasteiger partial charge in [-0.2, -0.15) is 0 Å². The zero-order chi connectivity index (χ0) is 11.7. The van der Waals surface area contributed by atoms with Crippen LogP contribution in [0, 0.1) is 0 Å². The molecule has 3 atom stereocenters. The van der Waals surface area contributed by atoms with E-state index < -0.39 is 0 Å². The van der Waals surface area contributed by atoms with E-state index in [1.807, 2.05) is 0 Å². The Balaban J connectivity index is 1.92. The van der Waals surface area contributed by atoms with Crippen molar-refractivity contribution in [2.75, 3.05) is 20.6 Å². The predicted molar refractivity (Wildman–Crippen MR) is 65.5 cm³/mol. The molecule has 2 saturated heterocycles. The second-order valence-corrected chi connectivity index (χ2v) is 5.72. The Morgan fingerprint density at radius 1 is 1.31 bits per heavy atom. The van der Waals surface area contributed by atoms with E-state index >= 15 is 0 Å². The number of carbonyl (C=O) groups is 1. The molecular formula is C13H24N2O. The minimum Gasteiger partial charge on any atom is -0.309 e. The Hall–Kier alpha value is -0.410. The van der Waals surface area contributed by atoms with Gasteiger partial charge in [0.15, 0.2) is 0 Å². The van der Waals surface area contributed by atoms with Gasteiger partial charge in [0.2, 0.25) is 0 Å². The van der Waals surface area contributed by atoms with Crippen LogP contribution in [0.4, 0.5) is 0 Å². The number of carbonyl (C=O) groups excluding carboxylic acids is 1. The number of hydrogen-bond acceptors (Lipinski definition) is 3. The first-order valence-electron chi connectivity index (χ1n) is 6.52. The van der Waals surface area contributed by atoms with E-state index in [1.165, 1.54) is 19.3 Å². The largest absolute Gasteiger partial charge is 0.309 e. The van der Waals surface area contributed by atoms with Gasteiger partial charge in [-0.25, -0.2) is 0 Å². The Morgan fingerprint density at radius 2 is 1.88 bits per heavy atom. The molecule has 0 N–H and O–H groups in total. The first kappa shape index (κ1) is 12.1. The van der Waals surface area contributed by atoms with Crippen LogP contribution >= 0.6 is 0 Å². The van der Waals surface area contributed by atoms with E-state index in [0.29, 0.717) is 23.9 Å². The van der Waals surface area contributed by atoms with Gasteiger partial charge in [-0.3, -0.25) is 9.69 Å². The third kappa shape index (κ3) is 2.46. The zero-order valence-corrected chi connectivity index (χ0v) is 10.8. The van der Waals surface area contributed by atoms with Crippen molar-refractivity contribution in [2.24, 2.45) is 0 Å². The summed E-state index contributed by atoms with van der Waals surface area (Å²) < 4.78 is 0. The molecule has 2 heterocycles. The lowest BCUT2D eigenvalue weighted by molar-refractivity contribution is -0.124. The normalized spacial score (nSPS) is 32.4. The Kier molecular flexibility index (Phi) is 3.65. The first-order chi connectivity index (χ1) is 7.58. The number of hydrogen-bond donors (Lipinski definition) is 0. The molecule has 2 aliphatic heterocycles. The zero-order valence-electron chi connectivity index (χ0n) is 10.8. The van der Waals surface area contributed by atoms with Crippen molar-refractivity contribution < 1.29 is 4.79 Å². The summed E-state index contributed by atoms with van der Waals surface area (Å²) in [7, 11) is 4.25. The molecule has 92 valence electrons. The molecule has 0 amide bonds. The highest BCUT2D eigenvalue weighted by Gasteiger charge is 2.41. The van der Waals surface area contributed by atoms with Gasteiger partial charge >= 0.3 is 0 Å². The van der Waals surface area contributed by atoms with E-state index in [2.05, 4.69) is 30.8 Å². The van der Waals surface area contributed by atoms with E-state index in [1.54, 1.807) is 0 Å². The molecule has 0 aromatic carbocycles. The van der Waals surface area contributed by atoms with Gasteiger partial charge in [0.25, 0.3) is 0 Å². The minimum absolute atomic E-state index is 0.489. The highest BCUT2D eigenvalue weighted by Crippen LogP contribution is 2.36. The number of fused-ring (bicyclic) bond motifs is 2. The van der Waals surface area contributed by atoms with Crippen LogP contribution in [-0.2, 0) is 4.79 Å². The van der Waals surface area contributed by atoms with E-state index in [9.17, 15) is 4.79 Å². The maximum absolute atomic E-state index is 11.5. The summed E-state index contributed by atoms with van der Waals surface area (Å²) in [6, 6.07) is 1.75. The molecular weight excluding hydrogens is 200 g/mol. The van der Waals surface area contributed by atoms with Crippen LogP contribution in [0.3, 0.4) is 0 Å². The molecule has 2 fully saturated rings. The molecule has 0 aromatic heterocycles. The highest BCUT2D eigenvalue weighted by atomic mass is 16.1. The van der Waals surface area contributed by atoms with Crippen molar-refractivity contribution in [1.29, 1.82) is 0 Å². The lowest BCUT2D eigenvalue weighted by Gasteiger charge is -2.39. The summed E-state index contributed by atoms with van der Waals surface area (Å²) in [6.07, 6.45) is 5.31. The summed E-state index contributed by atoms with van der Waals surface area (Å²) in [5.41, 5.74) is 0. The molecule has 16 heavy (non-hydrogen) atoms. The van der Waals surface area contributed by atoms with E-state index in [0.717, 1.165) is 19.4 Å². The molecule has 2 rings (SSSR count). The average Bonchev–Trinajstić information content (AvgIpc) is 2.48. The summed E-state index contributed by atoms with van der Waals surface area (Å²) >= 11 is 0. The molecule has 2 aliphatic rings. The van der Waals surface area contributed by atoms with Crippen molar-refractivity contribution in [3.8, 4) is 0 Å². The molecule has 0 saturated carbocycles. The smallest absolute Gasteiger partial charge is 0.136 e. The Labute approximate surface area is 98.8 Å². The van der Waals surface area contributed by atoms with Crippen LogP contribution in [-0.4, -0.2) is 54.3 Å². The fourth-order valence-electron chi connectivity index (χ4n) is 3.32. The second kappa shape index (κ2) is 4.84. The SMILES string of the molecule is CC(CCN(C)C)N1C2CCC1CC(=O)C2. The second-order valence-electron chi connectivity index (χ2n) is 5.72. The van der Waals surface area contributed by atoms with E-state index in [-0.39, 0.29) is 0 Å². The monoisotopic (exact) mass is 224 g/mol. The van der Waals surface area contributed by atoms with Crippen molar-refractivity contribution in [3.63, 3.8) is 0 Å². The molecule has 3 nitrogen and oxygen atoms in total. The molecule has 0 radical (unpaired) electrons. The van der Waals surface area contributed by atoms with Gasteiger partial charge in [0.1, 0.15) is 5.78 Å². The number of nitrogens with zero attached hydrogens (tertiary/aromatic N) is 2. The van der Waals surface area contributed by atoms with Gasteiger partial charge < -0.3 is 4.90 Å². The molecule has 0 aliphatic carbocycles. The van der Waals surface area contributed by atoms with Gasteiger partial charge in [-0.15, -0.1) is 0 Å². The number of Topliss-reactive ketones (excluding diaryl/α,β-unsaturated/α-hetero) is 1. The van der Waals surface area contributed by atoms with Crippen LogP contribution in [0.1, 0.15) is 39.0 Å². The standard InChI is InChI=1S/C13H24N2O/c1-10(6-7-14(2)3)15-11-4-5-12(15)9-13(16)8-11/h10-12H,4-9H2,1-3H3. The number of ketones is 1. The van der Waals surface area contributed by atoms with Crippen LogP contribution in [0.25, 0.3) is 0 Å². The molecule has 3 unspecified atom stereocenters. The quantitative estimate of drug-likeness (QED) is 0.723. The van der Waals surface area contributed by atoms with Crippen LogP contribution in [0.2, 0.25) is 0 Å².